The van der Waals surface area contributed by atoms with Gasteiger partial charge < -0.3 is 14.8 Å². The highest BCUT2D eigenvalue weighted by Gasteiger charge is 2.11. The lowest BCUT2D eigenvalue weighted by Crippen LogP contribution is -2.30. The number of hydrogen-bond acceptors (Lipinski definition) is 4. The molecule has 0 saturated heterocycles. The molecule has 0 spiro atoms. The van der Waals surface area contributed by atoms with Crippen molar-refractivity contribution in [2.24, 2.45) is 0 Å². The van der Waals surface area contributed by atoms with Gasteiger partial charge >= 0.3 is 5.97 Å². The zero-order chi connectivity index (χ0) is 11.8. The number of esters is 1. The van der Waals surface area contributed by atoms with Gasteiger partial charge in [-0.1, -0.05) is 30.3 Å². The molecule has 1 N–H and O–H groups in total. The van der Waals surface area contributed by atoms with E-state index in [2.05, 4.69) is 5.32 Å². The first-order chi connectivity index (χ1) is 7.76. The van der Waals surface area contributed by atoms with Crippen molar-refractivity contribution in [3.05, 3.63) is 35.9 Å². The van der Waals surface area contributed by atoms with Gasteiger partial charge in [-0.15, -0.1) is 0 Å². The van der Waals surface area contributed by atoms with Crippen LogP contribution in [0.3, 0.4) is 0 Å². The van der Waals surface area contributed by atoms with E-state index in [4.69, 9.17) is 4.74 Å². The lowest BCUT2D eigenvalue weighted by atomic mass is 10.2. The van der Waals surface area contributed by atoms with E-state index in [1.165, 1.54) is 0 Å². The number of rotatable bonds is 6. The molecule has 0 aliphatic carbocycles. The predicted molar refractivity (Wildman–Crippen MR) is 59.8 cm³/mol. The Hall–Kier alpha value is -1.68. The van der Waals surface area contributed by atoms with Crippen LogP contribution in [0.4, 0.5) is 0 Å². The lowest BCUT2D eigenvalue weighted by Gasteiger charge is -2.08. The molecule has 16 heavy (non-hydrogen) atoms. The maximum atomic E-state index is 11.3. The van der Waals surface area contributed by atoms with E-state index in [1.54, 1.807) is 7.05 Å². The number of likely N-dealkylation sites (N-methyl/N-ethyl adjacent to an activating group) is 1. The minimum Gasteiger partial charge on any atom is -0.461 e. The monoisotopic (exact) mass is 221 g/mol. The largest absolute Gasteiger partial charge is 0.461 e. The second-order valence-corrected chi connectivity index (χ2v) is 3.38. The van der Waals surface area contributed by atoms with Gasteiger partial charge in [0.15, 0.2) is 0 Å². The van der Waals surface area contributed by atoms with Crippen LogP contribution in [0, 0.1) is 0 Å². The number of benzene rings is 1. The molecule has 0 aromatic heterocycles. The van der Waals surface area contributed by atoms with Crippen molar-refractivity contribution in [2.45, 2.75) is 19.1 Å². The minimum atomic E-state index is -0.469. The average Bonchev–Trinajstić information content (AvgIpc) is 2.34. The van der Waals surface area contributed by atoms with Crippen LogP contribution in [0.15, 0.2) is 30.3 Å². The molecular formula is C12H15NO3. The summed E-state index contributed by atoms with van der Waals surface area (Å²) in [4.78, 5) is 21.8. The summed E-state index contributed by atoms with van der Waals surface area (Å²) in [6.07, 6.45) is 0.761. The van der Waals surface area contributed by atoms with Crippen molar-refractivity contribution in [3.63, 3.8) is 0 Å². The van der Waals surface area contributed by atoms with Crippen LogP contribution in [0.1, 0.15) is 12.0 Å². The van der Waals surface area contributed by atoms with Crippen LogP contribution < -0.4 is 5.32 Å². The fraction of sp³-hybridized carbons (Fsp3) is 0.333. The van der Waals surface area contributed by atoms with Gasteiger partial charge in [0.1, 0.15) is 12.9 Å². The normalized spacial score (nSPS) is 11.8. The molecule has 0 fully saturated rings. The van der Waals surface area contributed by atoms with E-state index in [1.807, 2.05) is 30.3 Å². The first-order valence-corrected chi connectivity index (χ1v) is 5.08. The number of hydrogen-bond donors (Lipinski definition) is 1. The molecule has 0 radical (unpaired) electrons. The molecule has 4 nitrogen and oxygen atoms in total. The highest BCUT2D eigenvalue weighted by atomic mass is 16.5. The van der Waals surface area contributed by atoms with Gasteiger partial charge in [-0.2, -0.15) is 0 Å². The summed E-state index contributed by atoms with van der Waals surface area (Å²) < 4.78 is 5.02. The van der Waals surface area contributed by atoms with Gasteiger partial charge in [-0.05, 0) is 12.6 Å². The summed E-state index contributed by atoms with van der Waals surface area (Å²) in [7, 11) is 1.63. The summed E-state index contributed by atoms with van der Waals surface area (Å²) in [6, 6.07) is 8.94. The Morgan fingerprint density at radius 2 is 2.12 bits per heavy atom. The Kier molecular flexibility index (Phi) is 5.22. The number of ether oxygens (including phenoxy) is 1. The van der Waals surface area contributed by atoms with Crippen molar-refractivity contribution in [3.8, 4) is 0 Å². The van der Waals surface area contributed by atoms with Crippen LogP contribution in [-0.2, 0) is 20.9 Å². The Bertz CT molecular complexity index is 337. The van der Waals surface area contributed by atoms with E-state index < -0.39 is 6.04 Å². The molecule has 1 aromatic rings. The highest BCUT2D eigenvalue weighted by molar-refractivity contribution is 5.75. The zero-order valence-electron chi connectivity index (χ0n) is 9.18. The van der Waals surface area contributed by atoms with Gasteiger partial charge in [0.2, 0.25) is 0 Å². The number of carbonyl (C=O) groups excluding carboxylic acids is 2. The first-order valence-electron chi connectivity index (χ1n) is 5.08. The molecule has 1 aromatic carbocycles. The summed E-state index contributed by atoms with van der Waals surface area (Å²) in [5.41, 5.74) is 0.933. The third-order valence-electron chi connectivity index (χ3n) is 2.16. The van der Waals surface area contributed by atoms with Crippen LogP contribution in [-0.4, -0.2) is 25.3 Å². The predicted octanol–water partition coefficient (Wildman–Crippen LogP) is 0.907. The lowest BCUT2D eigenvalue weighted by molar-refractivity contribution is -0.146. The maximum absolute atomic E-state index is 11.3. The molecule has 0 aliphatic heterocycles. The van der Waals surface area contributed by atoms with E-state index in [-0.39, 0.29) is 19.0 Å². The third-order valence-corrected chi connectivity index (χ3v) is 2.16. The molecule has 1 atom stereocenters. The van der Waals surface area contributed by atoms with Gasteiger partial charge in [-0.3, -0.25) is 4.79 Å². The number of carbonyl (C=O) groups is 2. The second-order valence-electron chi connectivity index (χ2n) is 3.38. The highest BCUT2D eigenvalue weighted by Crippen LogP contribution is 2.02. The molecule has 0 amide bonds. The summed E-state index contributed by atoms with van der Waals surface area (Å²) in [6.45, 7) is 0.245. The minimum absolute atomic E-state index is 0.0623. The second kappa shape index (κ2) is 6.74. The fourth-order valence-electron chi connectivity index (χ4n) is 1.19. The Morgan fingerprint density at radius 1 is 1.44 bits per heavy atom. The fourth-order valence-corrected chi connectivity index (χ4v) is 1.19. The number of aldehydes is 1. The summed E-state index contributed by atoms with van der Waals surface area (Å²) >= 11 is 0. The van der Waals surface area contributed by atoms with Gasteiger partial charge in [0.05, 0.1) is 12.5 Å². The van der Waals surface area contributed by atoms with E-state index in [9.17, 15) is 9.59 Å². The molecule has 1 rings (SSSR count). The van der Waals surface area contributed by atoms with Crippen molar-refractivity contribution >= 4 is 12.3 Å². The summed E-state index contributed by atoms with van der Waals surface area (Å²) in [5.74, 6) is -0.379. The number of nitrogens with one attached hydrogen (secondary N) is 1. The van der Waals surface area contributed by atoms with Crippen LogP contribution in [0.2, 0.25) is 0 Å². The average molecular weight is 221 g/mol. The SMILES string of the molecule is CN[C@H](C=O)CC(=O)OCc1ccccc1. The van der Waals surface area contributed by atoms with Crippen LogP contribution >= 0.6 is 0 Å². The van der Waals surface area contributed by atoms with Crippen LogP contribution in [0.25, 0.3) is 0 Å². The van der Waals surface area contributed by atoms with Crippen molar-refractivity contribution in [1.82, 2.24) is 5.32 Å². The van der Waals surface area contributed by atoms with Crippen LogP contribution in [0.5, 0.6) is 0 Å². The van der Waals surface area contributed by atoms with E-state index in [0.29, 0.717) is 6.29 Å². The van der Waals surface area contributed by atoms with E-state index >= 15 is 0 Å². The van der Waals surface area contributed by atoms with Crippen molar-refractivity contribution < 1.29 is 14.3 Å². The molecule has 0 saturated carbocycles. The third kappa shape index (κ3) is 4.23. The van der Waals surface area contributed by atoms with E-state index in [0.717, 1.165) is 5.56 Å². The maximum Gasteiger partial charge on any atom is 0.308 e. The molecule has 0 heterocycles. The smallest absolute Gasteiger partial charge is 0.308 e. The zero-order valence-corrected chi connectivity index (χ0v) is 9.18. The van der Waals surface area contributed by atoms with Crippen molar-refractivity contribution in [2.75, 3.05) is 7.05 Å². The van der Waals surface area contributed by atoms with Gasteiger partial charge in [-0.25, -0.2) is 0 Å². The molecule has 0 unspecified atom stereocenters. The molecule has 86 valence electrons. The molecular weight excluding hydrogens is 206 g/mol. The summed E-state index contributed by atoms with van der Waals surface area (Å²) in [5, 5.41) is 2.71. The quantitative estimate of drug-likeness (QED) is 0.573. The molecule has 0 aliphatic rings. The Labute approximate surface area is 94.6 Å². The first kappa shape index (κ1) is 12.4. The molecule has 4 heteroatoms. The van der Waals surface area contributed by atoms with Gasteiger partial charge in [0, 0.05) is 0 Å². The Morgan fingerprint density at radius 3 is 2.69 bits per heavy atom. The van der Waals surface area contributed by atoms with Gasteiger partial charge in [0.25, 0.3) is 0 Å². The standard InChI is InChI=1S/C12H15NO3/c1-13-11(8-14)7-12(15)16-9-10-5-3-2-4-6-10/h2-6,8,11,13H,7,9H2,1H3/t11-/m0/s1. The topological polar surface area (TPSA) is 55.4 Å². The molecule has 0 bridgehead atoms. The van der Waals surface area contributed by atoms with Crippen molar-refractivity contribution in [1.29, 1.82) is 0 Å². The Balaban J connectivity index is 2.33.